The quantitative estimate of drug-likeness (QED) is 0.627. The van der Waals surface area contributed by atoms with Crippen LogP contribution in [0.15, 0.2) is 28.7 Å². The molecule has 3 amide bonds. The van der Waals surface area contributed by atoms with Gasteiger partial charge in [0.2, 0.25) is 23.6 Å². The zero-order valence-corrected chi connectivity index (χ0v) is 22.6. The van der Waals surface area contributed by atoms with Crippen LogP contribution in [-0.4, -0.2) is 65.1 Å². The number of nitrogens with zero attached hydrogens (tertiary/aromatic N) is 3. The average Bonchev–Trinajstić information content (AvgIpc) is 3.40. The molecule has 1 aromatic heterocycles. The molecule has 1 saturated heterocycles. The van der Waals surface area contributed by atoms with E-state index in [-0.39, 0.29) is 36.3 Å². The molecule has 2 aliphatic heterocycles. The Balaban J connectivity index is 1.36. The van der Waals surface area contributed by atoms with Crippen molar-refractivity contribution in [3.05, 3.63) is 41.6 Å². The summed E-state index contributed by atoms with van der Waals surface area (Å²) in [6.07, 6.45) is 4.20. The molecule has 1 atom stereocenters. The molecule has 38 heavy (non-hydrogen) atoms. The number of piperidine rings is 1. The summed E-state index contributed by atoms with van der Waals surface area (Å²) < 4.78 is 11.5. The van der Waals surface area contributed by atoms with Gasteiger partial charge in [0.1, 0.15) is 12.4 Å². The Hall–Kier alpha value is -3.43. The largest absolute Gasteiger partial charge is 0.491 e. The van der Waals surface area contributed by atoms with Gasteiger partial charge in [0, 0.05) is 38.4 Å². The third kappa shape index (κ3) is 6.71. The third-order valence-electron chi connectivity index (χ3n) is 7.45. The summed E-state index contributed by atoms with van der Waals surface area (Å²) in [5, 5.41) is 14.2. The van der Waals surface area contributed by atoms with Crippen LogP contribution in [0.2, 0.25) is 0 Å². The minimum atomic E-state index is -0.546. The van der Waals surface area contributed by atoms with Crippen molar-refractivity contribution in [2.24, 2.45) is 5.41 Å². The maximum absolute atomic E-state index is 13.5. The van der Waals surface area contributed by atoms with E-state index in [4.69, 9.17) is 9.15 Å². The summed E-state index contributed by atoms with van der Waals surface area (Å²) in [7, 11) is 0. The molecule has 2 aliphatic rings. The van der Waals surface area contributed by atoms with Crippen LogP contribution in [0.5, 0.6) is 5.75 Å². The molecular weight excluding hydrogens is 486 g/mol. The van der Waals surface area contributed by atoms with Crippen molar-refractivity contribution in [3.8, 4) is 5.75 Å². The highest BCUT2D eigenvalue weighted by atomic mass is 16.5. The Morgan fingerprint density at radius 3 is 2.63 bits per heavy atom. The Labute approximate surface area is 223 Å². The van der Waals surface area contributed by atoms with E-state index in [2.05, 4.69) is 20.8 Å². The number of ether oxygens (including phenoxy) is 1. The molecule has 206 valence electrons. The topological polar surface area (TPSA) is 127 Å². The van der Waals surface area contributed by atoms with Crippen molar-refractivity contribution in [2.45, 2.75) is 77.7 Å². The van der Waals surface area contributed by atoms with Crippen LogP contribution in [0, 0.1) is 5.41 Å². The number of carbonyl (C=O) groups is 3. The Morgan fingerprint density at radius 1 is 1.13 bits per heavy atom. The first-order chi connectivity index (χ1) is 18.3. The number of hydrogen-bond donors (Lipinski definition) is 2. The number of rotatable bonds is 4. The van der Waals surface area contributed by atoms with Gasteiger partial charge in [-0.25, -0.2) is 0 Å². The van der Waals surface area contributed by atoms with Crippen molar-refractivity contribution >= 4 is 17.7 Å². The number of para-hydroxylation sites is 1. The van der Waals surface area contributed by atoms with E-state index in [9.17, 15) is 14.4 Å². The number of aryl methyl sites for hydroxylation is 1. The maximum atomic E-state index is 13.5. The highest BCUT2D eigenvalue weighted by molar-refractivity contribution is 5.96. The van der Waals surface area contributed by atoms with Gasteiger partial charge >= 0.3 is 0 Å². The van der Waals surface area contributed by atoms with Gasteiger partial charge < -0.3 is 24.7 Å². The molecule has 0 saturated carbocycles. The molecule has 0 aliphatic carbocycles. The molecule has 10 nitrogen and oxygen atoms in total. The number of aromatic nitrogens is 2. The van der Waals surface area contributed by atoms with Gasteiger partial charge in [0.05, 0.1) is 17.0 Å². The lowest BCUT2D eigenvalue weighted by molar-refractivity contribution is -0.141. The fourth-order valence-electron chi connectivity index (χ4n) is 5.05. The predicted molar refractivity (Wildman–Crippen MR) is 141 cm³/mol. The van der Waals surface area contributed by atoms with Crippen molar-refractivity contribution in [3.63, 3.8) is 0 Å². The smallest absolute Gasteiger partial charge is 0.255 e. The zero-order valence-electron chi connectivity index (χ0n) is 22.6. The second-order valence-electron chi connectivity index (χ2n) is 10.7. The number of carbonyl (C=O) groups excluding carboxylic acids is 3. The van der Waals surface area contributed by atoms with Crippen LogP contribution in [0.4, 0.5) is 0 Å². The summed E-state index contributed by atoms with van der Waals surface area (Å²) >= 11 is 0. The summed E-state index contributed by atoms with van der Waals surface area (Å²) in [5.74, 6) is 1.61. The van der Waals surface area contributed by atoms with Crippen molar-refractivity contribution in [1.82, 2.24) is 25.7 Å². The zero-order chi connectivity index (χ0) is 27.1. The molecule has 2 aromatic rings. The summed E-state index contributed by atoms with van der Waals surface area (Å²) in [5.41, 5.74) is -0.0496. The van der Waals surface area contributed by atoms with Gasteiger partial charge in [-0.05, 0) is 44.7 Å². The summed E-state index contributed by atoms with van der Waals surface area (Å²) in [6, 6.07) is 6.92. The molecule has 1 spiro atoms. The van der Waals surface area contributed by atoms with Crippen LogP contribution < -0.4 is 15.4 Å². The fraction of sp³-hybridized carbons (Fsp3) is 0.607. The number of fused-ring (bicyclic) bond motifs is 1. The van der Waals surface area contributed by atoms with Crippen molar-refractivity contribution in [2.75, 3.05) is 26.2 Å². The lowest BCUT2D eigenvalue weighted by Crippen LogP contribution is -2.52. The van der Waals surface area contributed by atoms with Crippen LogP contribution in [0.3, 0.4) is 0 Å². The Kier molecular flexibility index (Phi) is 9.01. The Bertz CT molecular complexity index is 1120. The molecule has 0 unspecified atom stereocenters. The van der Waals surface area contributed by atoms with Crippen molar-refractivity contribution < 1.29 is 23.5 Å². The first-order valence-corrected chi connectivity index (χ1v) is 13.7. The van der Waals surface area contributed by atoms with E-state index in [0.29, 0.717) is 74.8 Å². The van der Waals surface area contributed by atoms with Gasteiger partial charge in [0.15, 0.2) is 0 Å². The first kappa shape index (κ1) is 27.6. The van der Waals surface area contributed by atoms with E-state index >= 15 is 0 Å². The van der Waals surface area contributed by atoms with E-state index < -0.39 is 5.41 Å². The normalized spacial score (nSPS) is 20.7. The minimum Gasteiger partial charge on any atom is -0.491 e. The molecule has 0 radical (unpaired) electrons. The van der Waals surface area contributed by atoms with E-state index in [1.54, 1.807) is 12.1 Å². The van der Waals surface area contributed by atoms with E-state index in [0.717, 1.165) is 12.8 Å². The second-order valence-corrected chi connectivity index (χ2v) is 10.7. The van der Waals surface area contributed by atoms with Crippen molar-refractivity contribution in [1.29, 1.82) is 0 Å². The average molecular weight is 526 g/mol. The number of hydrogen-bond acceptors (Lipinski definition) is 7. The minimum absolute atomic E-state index is 0.0159. The molecule has 10 heteroatoms. The van der Waals surface area contributed by atoms with Crippen LogP contribution in [0.1, 0.15) is 87.4 Å². The molecule has 1 aromatic carbocycles. The van der Waals surface area contributed by atoms with Crippen LogP contribution in [-0.2, 0) is 16.0 Å². The molecule has 4 rings (SSSR count). The third-order valence-corrected chi connectivity index (χ3v) is 7.45. The lowest BCUT2D eigenvalue weighted by Gasteiger charge is -2.41. The second kappa shape index (κ2) is 12.4. The maximum Gasteiger partial charge on any atom is 0.255 e. The number of likely N-dealkylation sites (tertiary alicyclic amines) is 1. The summed E-state index contributed by atoms with van der Waals surface area (Å²) in [4.78, 5) is 41.0. The van der Waals surface area contributed by atoms with Crippen LogP contribution in [0.25, 0.3) is 0 Å². The number of benzene rings is 1. The number of amides is 3. The highest BCUT2D eigenvalue weighted by Crippen LogP contribution is 2.37. The molecule has 3 heterocycles. The molecule has 0 bridgehead atoms. The monoisotopic (exact) mass is 525 g/mol. The van der Waals surface area contributed by atoms with Gasteiger partial charge in [0.25, 0.3) is 5.91 Å². The standard InChI is InChI=1S/C28H39N5O5/c1-19(2)26-32-31-23(38-26)10-11-24(34)33-16-13-28(14-17-33)12-6-7-15-29-25(35)21-8-4-5-9-22(21)37-18-20(3)30-27(28)36/h4-5,8-9,19-20H,6-7,10-18H2,1-3H3,(H,29,35)(H,30,36)/t20-/m1/s1. The van der Waals surface area contributed by atoms with E-state index in [1.807, 2.05) is 37.8 Å². The van der Waals surface area contributed by atoms with E-state index in [1.165, 1.54) is 0 Å². The van der Waals surface area contributed by atoms with Crippen LogP contribution >= 0.6 is 0 Å². The highest BCUT2D eigenvalue weighted by Gasteiger charge is 2.42. The molecule has 1 fully saturated rings. The fourth-order valence-corrected chi connectivity index (χ4v) is 5.05. The first-order valence-electron chi connectivity index (χ1n) is 13.7. The molecular formula is C28H39N5O5. The van der Waals surface area contributed by atoms with Gasteiger partial charge in [-0.2, -0.15) is 0 Å². The van der Waals surface area contributed by atoms with Gasteiger partial charge in [-0.1, -0.05) is 32.4 Å². The van der Waals surface area contributed by atoms with Gasteiger partial charge in [-0.15, -0.1) is 10.2 Å². The molecule has 2 N–H and O–H groups in total. The van der Waals surface area contributed by atoms with Gasteiger partial charge in [-0.3, -0.25) is 14.4 Å². The predicted octanol–water partition coefficient (Wildman–Crippen LogP) is 3.23. The Morgan fingerprint density at radius 2 is 1.89 bits per heavy atom. The SMILES string of the molecule is CC(C)c1nnc(CCC(=O)N2CCC3(CCCCNC(=O)c4ccccc4OC[C@@H](C)NC3=O)CC2)o1. The summed E-state index contributed by atoms with van der Waals surface area (Å²) in [6.45, 7) is 7.71. The number of nitrogens with one attached hydrogen (secondary N) is 2. The lowest BCUT2D eigenvalue weighted by atomic mass is 9.73.